The quantitative estimate of drug-likeness (QED) is 0.230. The second-order valence-electron chi connectivity index (χ2n) is 5.18. The molecular weight excluding hydrogens is 259 g/mol. The van der Waals surface area contributed by atoms with E-state index in [1.54, 1.807) is 12.1 Å². The van der Waals surface area contributed by atoms with Crippen LogP contribution < -0.4 is 11.1 Å². The van der Waals surface area contributed by atoms with Crippen LogP contribution in [0.3, 0.4) is 0 Å². The van der Waals surface area contributed by atoms with Crippen LogP contribution in [0.1, 0.15) is 24.0 Å². The minimum Gasteiger partial charge on any atom is -0.409 e. The fourth-order valence-electron chi connectivity index (χ4n) is 2.08. The molecule has 1 aromatic rings. The van der Waals surface area contributed by atoms with Crippen molar-refractivity contribution in [3.05, 3.63) is 35.1 Å². The average molecular weight is 280 g/mol. The fourth-order valence-corrected chi connectivity index (χ4v) is 2.08. The van der Waals surface area contributed by atoms with Gasteiger partial charge in [0.25, 0.3) is 0 Å². The Hall–Kier alpha value is -1.66. The number of rotatable bonds is 7. The van der Waals surface area contributed by atoms with Crippen molar-refractivity contribution < 1.29 is 9.60 Å². The van der Waals surface area contributed by atoms with E-state index < -0.39 is 0 Å². The second-order valence-corrected chi connectivity index (χ2v) is 5.18. The SMILES string of the molecule is CN(CCNCc1ccc(C(N)=NO)cc1F)C1CC1. The van der Waals surface area contributed by atoms with Crippen molar-refractivity contribution in [2.45, 2.75) is 25.4 Å². The van der Waals surface area contributed by atoms with E-state index in [2.05, 4.69) is 22.4 Å². The maximum atomic E-state index is 13.8. The Bertz CT molecular complexity index is 488. The molecule has 4 N–H and O–H groups in total. The van der Waals surface area contributed by atoms with E-state index in [0.29, 0.717) is 17.7 Å². The third-order valence-corrected chi connectivity index (χ3v) is 3.58. The average Bonchev–Trinajstić information content (AvgIpc) is 3.28. The molecule has 0 bridgehead atoms. The highest BCUT2D eigenvalue weighted by Gasteiger charge is 2.25. The summed E-state index contributed by atoms with van der Waals surface area (Å²) in [6.45, 7) is 2.27. The molecule has 6 heteroatoms. The molecule has 0 amide bonds. The molecule has 110 valence electrons. The summed E-state index contributed by atoms with van der Waals surface area (Å²) < 4.78 is 13.8. The summed E-state index contributed by atoms with van der Waals surface area (Å²) in [6, 6.07) is 5.32. The van der Waals surface area contributed by atoms with Crippen LogP contribution in [-0.4, -0.2) is 42.1 Å². The van der Waals surface area contributed by atoms with Gasteiger partial charge < -0.3 is 21.2 Å². The van der Waals surface area contributed by atoms with Gasteiger partial charge in [-0.1, -0.05) is 17.3 Å². The third-order valence-electron chi connectivity index (χ3n) is 3.58. The first kappa shape index (κ1) is 14.7. The zero-order valence-corrected chi connectivity index (χ0v) is 11.6. The van der Waals surface area contributed by atoms with Crippen LogP contribution in [0.15, 0.2) is 23.4 Å². The summed E-state index contributed by atoms with van der Waals surface area (Å²) in [7, 11) is 2.12. The molecule has 1 aliphatic rings. The van der Waals surface area contributed by atoms with Crippen molar-refractivity contribution >= 4 is 5.84 Å². The first-order valence-corrected chi connectivity index (χ1v) is 6.79. The molecule has 1 aliphatic carbocycles. The first-order valence-electron chi connectivity index (χ1n) is 6.79. The molecule has 0 atom stereocenters. The van der Waals surface area contributed by atoms with Gasteiger partial charge in [-0.2, -0.15) is 0 Å². The van der Waals surface area contributed by atoms with Crippen LogP contribution >= 0.6 is 0 Å². The summed E-state index contributed by atoms with van der Waals surface area (Å²) in [5.74, 6) is -0.438. The molecule has 0 unspecified atom stereocenters. The number of benzene rings is 1. The van der Waals surface area contributed by atoms with Crippen LogP contribution in [0.4, 0.5) is 4.39 Å². The standard InChI is InChI=1S/C14H21FN4O/c1-19(12-4-5-12)7-6-17-9-11-3-2-10(8-13(11)15)14(16)18-20/h2-3,8,12,17,20H,4-7,9H2,1H3,(H2,16,18). The summed E-state index contributed by atoms with van der Waals surface area (Å²) in [5, 5.41) is 14.6. The lowest BCUT2D eigenvalue weighted by atomic mass is 10.1. The van der Waals surface area contributed by atoms with E-state index in [0.717, 1.165) is 19.1 Å². The van der Waals surface area contributed by atoms with Crippen molar-refractivity contribution in [1.29, 1.82) is 0 Å². The van der Waals surface area contributed by atoms with Crippen molar-refractivity contribution in [2.75, 3.05) is 20.1 Å². The van der Waals surface area contributed by atoms with Gasteiger partial charge in [-0.15, -0.1) is 0 Å². The molecule has 20 heavy (non-hydrogen) atoms. The van der Waals surface area contributed by atoms with Gasteiger partial charge in [0.15, 0.2) is 5.84 Å². The predicted octanol–water partition coefficient (Wildman–Crippen LogP) is 1.10. The van der Waals surface area contributed by atoms with Crippen LogP contribution in [0.25, 0.3) is 0 Å². The molecule has 2 rings (SSSR count). The van der Waals surface area contributed by atoms with E-state index in [-0.39, 0.29) is 11.7 Å². The van der Waals surface area contributed by atoms with Gasteiger partial charge in [0, 0.05) is 36.8 Å². The van der Waals surface area contributed by atoms with Crippen molar-refractivity contribution in [3.8, 4) is 0 Å². The lowest BCUT2D eigenvalue weighted by Gasteiger charge is -2.15. The Balaban J connectivity index is 1.80. The number of nitrogens with one attached hydrogen (secondary N) is 1. The Labute approximate surface area is 118 Å². The monoisotopic (exact) mass is 280 g/mol. The van der Waals surface area contributed by atoms with E-state index in [4.69, 9.17) is 10.9 Å². The van der Waals surface area contributed by atoms with Crippen LogP contribution in [0.2, 0.25) is 0 Å². The normalized spacial score (nSPS) is 15.8. The lowest BCUT2D eigenvalue weighted by Crippen LogP contribution is -2.30. The Morgan fingerprint density at radius 3 is 2.90 bits per heavy atom. The van der Waals surface area contributed by atoms with Gasteiger partial charge in [-0.05, 0) is 26.0 Å². The number of halogens is 1. The van der Waals surface area contributed by atoms with E-state index in [1.165, 1.54) is 18.9 Å². The summed E-state index contributed by atoms with van der Waals surface area (Å²) in [6.07, 6.45) is 2.58. The molecule has 0 saturated heterocycles. The predicted molar refractivity (Wildman–Crippen MR) is 76.3 cm³/mol. The number of hydrogen-bond donors (Lipinski definition) is 3. The Morgan fingerprint density at radius 1 is 1.55 bits per heavy atom. The number of oxime groups is 1. The van der Waals surface area contributed by atoms with Gasteiger partial charge in [0.05, 0.1) is 0 Å². The number of likely N-dealkylation sites (N-methyl/N-ethyl adjacent to an activating group) is 1. The first-order chi connectivity index (χ1) is 9.61. The van der Waals surface area contributed by atoms with E-state index in [1.807, 2.05) is 0 Å². The molecule has 0 spiro atoms. The minimum atomic E-state index is -0.350. The highest BCUT2D eigenvalue weighted by atomic mass is 19.1. The molecule has 0 heterocycles. The van der Waals surface area contributed by atoms with Gasteiger partial charge in [0.1, 0.15) is 5.82 Å². The number of nitrogens with two attached hydrogens (primary N) is 1. The van der Waals surface area contributed by atoms with Crippen LogP contribution in [-0.2, 0) is 6.54 Å². The summed E-state index contributed by atoms with van der Waals surface area (Å²) >= 11 is 0. The smallest absolute Gasteiger partial charge is 0.170 e. The van der Waals surface area contributed by atoms with Crippen molar-refractivity contribution in [2.24, 2.45) is 10.9 Å². The molecule has 0 radical (unpaired) electrons. The second kappa shape index (κ2) is 6.67. The molecule has 1 fully saturated rings. The van der Waals surface area contributed by atoms with E-state index >= 15 is 0 Å². The number of amidine groups is 1. The van der Waals surface area contributed by atoms with Gasteiger partial charge >= 0.3 is 0 Å². The Morgan fingerprint density at radius 2 is 2.30 bits per heavy atom. The summed E-state index contributed by atoms with van der Waals surface area (Å²) in [4.78, 5) is 2.32. The van der Waals surface area contributed by atoms with Crippen molar-refractivity contribution in [3.63, 3.8) is 0 Å². The van der Waals surface area contributed by atoms with Crippen LogP contribution in [0.5, 0.6) is 0 Å². The molecular formula is C14H21FN4O. The molecule has 0 aromatic heterocycles. The highest BCUT2D eigenvalue weighted by molar-refractivity contribution is 5.97. The van der Waals surface area contributed by atoms with Gasteiger partial charge in [0.2, 0.25) is 0 Å². The number of nitrogens with zero attached hydrogens (tertiary/aromatic N) is 2. The Kier molecular flexibility index (Phi) is 4.92. The minimum absolute atomic E-state index is 0.0885. The number of hydrogen-bond acceptors (Lipinski definition) is 4. The molecule has 1 aromatic carbocycles. The highest BCUT2D eigenvalue weighted by Crippen LogP contribution is 2.24. The maximum Gasteiger partial charge on any atom is 0.170 e. The zero-order valence-electron chi connectivity index (χ0n) is 11.6. The van der Waals surface area contributed by atoms with Crippen LogP contribution in [0, 0.1) is 5.82 Å². The fraction of sp³-hybridized carbons (Fsp3) is 0.500. The topological polar surface area (TPSA) is 73.9 Å². The maximum absolute atomic E-state index is 13.8. The van der Waals surface area contributed by atoms with Gasteiger partial charge in [-0.25, -0.2) is 4.39 Å². The van der Waals surface area contributed by atoms with Crippen molar-refractivity contribution in [1.82, 2.24) is 10.2 Å². The summed E-state index contributed by atoms with van der Waals surface area (Å²) in [5.41, 5.74) is 6.37. The van der Waals surface area contributed by atoms with E-state index in [9.17, 15) is 4.39 Å². The van der Waals surface area contributed by atoms with Gasteiger partial charge in [-0.3, -0.25) is 0 Å². The molecule has 0 aliphatic heterocycles. The molecule has 5 nitrogen and oxygen atoms in total. The molecule has 1 saturated carbocycles. The largest absolute Gasteiger partial charge is 0.409 e. The third kappa shape index (κ3) is 3.91. The lowest BCUT2D eigenvalue weighted by molar-refractivity contribution is 0.318. The zero-order chi connectivity index (χ0) is 14.5.